The van der Waals surface area contributed by atoms with Crippen LogP contribution in [0.4, 0.5) is 21.7 Å². The van der Waals surface area contributed by atoms with Crippen LogP contribution in [0.15, 0.2) is 54.9 Å². The van der Waals surface area contributed by atoms with Gasteiger partial charge in [-0.25, -0.2) is 14.4 Å². The van der Waals surface area contributed by atoms with Crippen molar-refractivity contribution < 1.29 is 9.18 Å². The molecule has 1 heterocycles. The van der Waals surface area contributed by atoms with Crippen LogP contribution in [0.3, 0.4) is 0 Å². The fourth-order valence-electron chi connectivity index (χ4n) is 1.97. The minimum absolute atomic E-state index is 0.251. The summed E-state index contributed by atoms with van der Waals surface area (Å²) < 4.78 is 12.9. The second-order valence-electron chi connectivity index (χ2n) is 4.98. The number of halogens is 3. The molecule has 25 heavy (non-hydrogen) atoms. The molecule has 0 aliphatic carbocycles. The highest BCUT2D eigenvalue weighted by molar-refractivity contribution is 6.44. The summed E-state index contributed by atoms with van der Waals surface area (Å²) in [5.74, 6) is -0.473. The molecule has 3 aromatic rings. The number of hydrogen-bond acceptors (Lipinski definition) is 4. The number of hydrogen-bond donors (Lipinski definition) is 2. The quantitative estimate of drug-likeness (QED) is 0.678. The molecule has 0 bridgehead atoms. The smallest absolute Gasteiger partial charge is 0.258 e. The first-order valence-electron chi connectivity index (χ1n) is 7.13. The zero-order valence-corrected chi connectivity index (χ0v) is 14.1. The Labute approximate surface area is 152 Å². The van der Waals surface area contributed by atoms with E-state index >= 15 is 0 Å². The van der Waals surface area contributed by atoms with E-state index in [-0.39, 0.29) is 22.4 Å². The maximum Gasteiger partial charge on any atom is 0.258 e. The lowest BCUT2D eigenvalue weighted by Crippen LogP contribution is -2.13. The molecule has 0 aliphatic rings. The Morgan fingerprint density at radius 1 is 1.00 bits per heavy atom. The van der Waals surface area contributed by atoms with Gasteiger partial charge >= 0.3 is 0 Å². The maximum absolute atomic E-state index is 12.9. The molecule has 126 valence electrons. The van der Waals surface area contributed by atoms with Crippen LogP contribution in [-0.4, -0.2) is 15.9 Å². The van der Waals surface area contributed by atoms with Crippen LogP contribution >= 0.6 is 23.2 Å². The summed E-state index contributed by atoms with van der Waals surface area (Å²) in [5, 5.41) is 6.15. The Morgan fingerprint density at radius 2 is 1.68 bits per heavy atom. The number of aromatic nitrogens is 2. The number of benzene rings is 2. The fraction of sp³-hybridized carbons (Fsp3) is 0. The lowest BCUT2D eigenvalue weighted by atomic mass is 10.2. The number of amides is 1. The van der Waals surface area contributed by atoms with Crippen LogP contribution in [0.25, 0.3) is 0 Å². The minimum atomic E-state index is -0.419. The predicted molar refractivity (Wildman–Crippen MR) is 96.1 cm³/mol. The molecular weight excluding hydrogens is 366 g/mol. The lowest BCUT2D eigenvalue weighted by molar-refractivity contribution is 0.102. The molecule has 0 atom stereocenters. The van der Waals surface area contributed by atoms with Crippen molar-refractivity contribution in [2.75, 3.05) is 10.6 Å². The number of nitrogens with zero attached hydrogens (tertiary/aromatic N) is 2. The van der Waals surface area contributed by atoms with E-state index in [2.05, 4.69) is 20.6 Å². The van der Waals surface area contributed by atoms with Crippen molar-refractivity contribution in [2.45, 2.75) is 0 Å². The van der Waals surface area contributed by atoms with E-state index < -0.39 is 5.91 Å². The summed E-state index contributed by atoms with van der Waals surface area (Å²) >= 11 is 11.9. The molecule has 8 heteroatoms. The first kappa shape index (κ1) is 17.1. The maximum atomic E-state index is 12.9. The van der Waals surface area contributed by atoms with E-state index in [0.717, 1.165) is 0 Å². The molecule has 0 saturated heterocycles. The van der Waals surface area contributed by atoms with Crippen LogP contribution in [-0.2, 0) is 0 Å². The van der Waals surface area contributed by atoms with Gasteiger partial charge in [0, 0.05) is 18.1 Å². The molecule has 0 unspecified atom stereocenters. The van der Waals surface area contributed by atoms with Crippen LogP contribution in [0.1, 0.15) is 10.4 Å². The largest absolute Gasteiger partial charge is 0.324 e. The summed E-state index contributed by atoms with van der Waals surface area (Å²) in [6.07, 6.45) is 2.74. The third-order valence-electron chi connectivity index (χ3n) is 3.21. The standard InChI is InChI=1S/C17H11Cl2FN4O/c18-13-2-1-3-14(15(13)19)24-16(25)10-8-21-17(22-9-10)23-12-6-4-11(20)5-7-12/h1-9H,(H,24,25)(H,21,22,23). The Hall–Kier alpha value is -2.70. The molecule has 1 amide bonds. The molecule has 3 rings (SSSR count). The zero-order chi connectivity index (χ0) is 17.8. The fourth-order valence-corrected chi connectivity index (χ4v) is 2.31. The van der Waals surface area contributed by atoms with Gasteiger partial charge in [0.2, 0.25) is 5.95 Å². The van der Waals surface area contributed by atoms with Crippen LogP contribution in [0.5, 0.6) is 0 Å². The second-order valence-corrected chi connectivity index (χ2v) is 5.77. The highest BCUT2D eigenvalue weighted by atomic mass is 35.5. The highest BCUT2D eigenvalue weighted by Crippen LogP contribution is 2.29. The molecule has 1 aromatic heterocycles. The van der Waals surface area contributed by atoms with Gasteiger partial charge in [0.15, 0.2) is 0 Å². The van der Waals surface area contributed by atoms with Crippen LogP contribution < -0.4 is 10.6 Å². The van der Waals surface area contributed by atoms with Crippen molar-refractivity contribution in [1.82, 2.24) is 9.97 Å². The summed E-state index contributed by atoms with van der Waals surface area (Å²) in [6, 6.07) is 10.7. The van der Waals surface area contributed by atoms with Gasteiger partial charge in [0.1, 0.15) is 5.82 Å². The number of carbonyl (C=O) groups is 1. The van der Waals surface area contributed by atoms with Crippen LogP contribution in [0.2, 0.25) is 10.0 Å². The number of rotatable bonds is 4. The predicted octanol–water partition coefficient (Wildman–Crippen LogP) is 4.92. The van der Waals surface area contributed by atoms with Crippen molar-refractivity contribution in [2.24, 2.45) is 0 Å². The molecule has 5 nitrogen and oxygen atoms in total. The van der Waals surface area contributed by atoms with E-state index in [1.165, 1.54) is 24.5 Å². The molecular formula is C17H11Cl2FN4O. The van der Waals surface area contributed by atoms with Crippen molar-refractivity contribution >= 4 is 46.4 Å². The third-order valence-corrected chi connectivity index (χ3v) is 4.03. The number of carbonyl (C=O) groups excluding carboxylic acids is 1. The Kier molecular flexibility index (Phi) is 5.11. The average molecular weight is 377 g/mol. The van der Waals surface area contributed by atoms with E-state index in [1.807, 2.05) is 0 Å². The molecule has 2 aromatic carbocycles. The van der Waals surface area contributed by atoms with E-state index in [0.29, 0.717) is 16.4 Å². The first-order valence-corrected chi connectivity index (χ1v) is 7.88. The SMILES string of the molecule is O=C(Nc1cccc(Cl)c1Cl)c1cnc(Nc2ccc(F)cc2)nc1. The number of anilines is 3. The van der Waals surface area contributed by atoms with Gasteiger partial charge in [-0.3, -0.25) is 4.79 Å². The molecule has 0 aliphatic heterocycles. The molecule has 2 N–H and O–H groups in total. The second kappa shape index (κ2) is 7.46. The van der Waals surface area contributed by atoms with Crippen molar-refractivity contribution in [1.29, 1.82) is 0 Å². The summed E-state index contributed by atoms with van der Waals surface area (Å²) in [6.45, 7) is 0. The number of nitrogens with one attached hydrogen (secondary N) is 2. The first-order chi connectivity index (χ1) is 12.0. The Balaban J connectivity index is 1.70. The minimum Gasteiger partial charge on any atom is -0.324 e. The highest BCUT2D eigenvalue weighted by Gasteiger charge is 2.11. The summed E-state index contributed by atoms with van der Waals surface area (Å²) in [5.41, 5.74) is 1.28. The average Bonchev–Trinajstić information content (AvgIpc) is 2.61. The van der Waals surface area contributed by atoms with Gasteiger partial charge in [-0.05, 0) is 36.4 Å². The Morgan fingerprint density at radius 3 is 2.36 bits per heavy atom. The van der Waals surface area contributed by atoms with Gasteiger partial charge < -0.3 is 10.6 Å². The van der Waals surface area contributed by atoms with Gasteiger partial charge in [0.25, 0.3) is 5.91 Å². The van der Waals surface area contributed by atoms with Crippen LogP contribution in [0, 0.1) is 5.82 Å². The van der Waals surface area contributed by atoms with Crippen molar-refractivity contribution in [3.63, 3.8) is 0 Å². The molecule has 0 spiro atoms. The van der Waals surface area contributed by atoms with Crippen molar-refractivity contribution in [3.8, 4) is 0 Å². The lowest BCUT2D eigenvalue weighted by Gasteiger charge is -2.08. The monoisotopic (exact) mass is 376 g/mol. The summed E-state index contributed by atoms with van der Waals surface area (Å²) in [7, 11) is 0. The molecule has 0 radical (unpaired) electrons. The molecule has 0 fully saturated rings. The summed E-state index contributed by atoms with van der Waals surface area (Å²) in [4.78, 5) is 20.4. The van der Waals surface area contributed by atoms with Gasteiger partial charge in [-0.2, -0.15) is 0 Å². The van der Waals surface area contributed by atoms with Gasteiger partial charge in [-0.1, -0.05) is 29.3 Å². The topological polar surface area (TPSA) is 66.9 Å². The molecule has 0 saturated carbocycles. The van der Waals surface area contributed by atoms with E-state index in [1.54, 1.807) is 30.3 Å². The van der Waals surface area contributed by atoms with E-state index in [9.17, 15) is 9.18 Å². The zero-order valence-electron chi connectivity index (χ0n) is 12.6. The van der Waals surface area contributed by atoms with Crippen molar-refractivity contribution in [3.05, 3.63) is 76.3 Å². The van der Waals surface area contributed by atoms with Gasteiger partial charge in [-0.15, -0.1) is 0 Å². The third kappa shape index (κ3) is 4.23. The normalized spacial score (nSPS) is 10.4. The van der Waals surface area contributed by atoms with Gasteiger partial charge in [0.05, 0.1) is 21.3 Å². The Bertz CT molecular complexity index is 902. The van der Waals surface area contributed by atoms with E-state index in [4.69, 9.17) is 23.2 Å².